The highest BCUT2D eigenvalue weighted by atomic mass is 19.2. The van der Waals surface area contributed by atoms with Crippen LogP contribution in [0.5, 0.6) is 0 Å². The van der Waals surface area contributed by atoms with E-state index >= 15 is 0 Å². The van der Waals surface area contributed by atoms with Crippen molar-refractivity contribution in [1.82, 2.24) is 5.32 Å². The van der Waals surface area contributed by atoms with E-state index < -0.39 is 29.0 Å². The van der Waals surface area contributed by atoms with Gasteiger partial charge in [-0.3, -0.25) is 4.79 Å². The number of amides is 1. The first kappa shape index (κ1) is 13.8. The Hall–Kier alpha value is -1.60. The van der Waals surface area contributed by atoms with Crippen LogP contribution < -0.4 is 10.6 Å². The topological polar surface area (TPSA) is 50.4 Å². The maximum absolute atomic E-state index is 12.9. The molecule has 0 saturated carbocycles. The first-order chi connectivity index (χ1) is 8.89. The molecule has 4 nitrogen and oxygen atoms in total. The highest BCUT2D eigenvalue weighted by Crippen LogP contribution is 2.18. The Balaban J connectivity index is 1.91. The maximum atomic E-state index is 12.9. The SMILES string of the molecule is CC1(OCC(=O)Nc2cc(F)c(F)c(F)c2)CNC1. The summed E-state index contributed by atoms with van der Waals surface area (Å²) in [5, 5.41) is 5.24. The van der Waals surface area contributed by atoms with Crippen LogP contribution in [0.15, 0.2) is 12.1 Å². The molecule has 1 fully saturated rings. The minimum Gasteiger partial charge on any atom is -0.363 e. The van der Waals surface area contributed by atoms with Gasteiger partial charge in [-0.25, -0.2) is 13.2 Å². The Morgan fingerprint density at radius 2 is 1.95 bits per heavy atom. The minimum absolute atomic E-state index is 0.151. The van der Waals surface area contributed by atoms with E-state index in [9.17, 15) is 18.0 Å². The normalized spacial score (nSPS) is 16.8. The molecule has 2 rings (SSSR count). The van der Waals surface area contributed by atoms with E-state index in [2.05, 4.69) is 10.6 Å². The van der Waals surface area contributed by atoms with Gasteiger partial charge in [0.15, 0.2) is 17.5 Å². The van der Waals surface area contributed by atoms with Crippen LogP contribution >= 0.6 is 0 Å². The zero-order valence-corrected chi connectivity index (χ0v) is 10.2. The van der Waals surface area contributed by atoms with Crippen molar-refractivity contribution >= 4 is 11.6 Å². The molecule has 0 aliphatic carbocycles. The third kappa shape index (κ3) is 3.24. The third-order valence-corrected chi connectivity index (χ3v) is 2.82. The van der Waals surface area contributed by atoms with Crippen LogP contribution in [-0.4, -0.2) is 31.2 Å². The number of anilines is 1. The average molecular weight is 274 g/mol. The van der Waals surface area contributed by atoms with Gasteiger partial charge in [0.1, 0.15) is 6.61 Å². The lowest BCUT2D eigenvalue weighted by molar-refractivity contribution is -0.130. The largest absolute Gasteiger partial charge is 0.363 e. The Labute approximate surface area is 107 Å². The van der Waals surface area contributed by atoms with E-state index in [1.807, 2.05) is 6.92 Å². The number of carbonyl (C=O) groups excluding carboxylic acids is 1. The van der Waals surface area contributed by atoms with Crippen LogP contribution in [0.4, 0.5) is 18.9 Å². The van der Waals surface area contributed by atoms with Gasteiger partial charge in [-0.15, -0.1) is 0 Å². The summed E-state index contributed by atoms with van der Waals surface area (Å²) in [6, 6.07) is 1.42. The quantitative estimate of drug-likeness (QED) is 0.816. The molecule has 0 bridgehead atoms. The van der Waals surface area contributed by atoms with Crippen molar-refractivity contribution in [3.63, 3.8) is 0 Å². The summed E-state index contributed by atoms with van der Waals surface area (Å²) in [6.45, 7) is 2.88. The Morgan fingerprint density at radius 3 is 2.42 bits per heavy atom. The standard InChI is InChI=1S/C12H13F3N2O2/c1-12(5-16-6-12)19-4-10(18)17-7-2-8(13)11(15)9(14)3-7/h2-3,16H,4-6H2,1H3,(H,17,18). The van der Waals surface area contributed by atoms with Gasteiger partial charge in [-0.2, -0.15) is 0 Å². The number of nitrogens with one attached hydrogen (secondary N) is 2. The van der Waals surface area contributed by atoms with E-state index in [1.165, 1.54) is 0 Å². The van der Waals surface area contributed by atoms with E-state index in [1.54, 1.807) is 0 Å². The van der Waals surface area contributed by atoms with Gasteiger partial charge in [-0.1, -0.05) is 0 Å². The highest BCUT2D eigenvalue weighted by molar-refractivity contribution is 5.91. The van der Waals surface area contributed by atoms with Gasteiger partial charge in [0, 0.05) is 30.9 Å². The molecule has 0 spiro atoms. The predicted molar refractivity (Wildman–Crippen MR) is 62.2 cm³/mol. The molecular weight excluding hydrogens is 261 g/mol. The van der Waals surface area contributed by atoms with Gasteiger partial charge in [0.25, 0.3) is 0 Å². The van der Waals surface area contributed by atoms with E-state index in [0.717, 1.165) is 0 Å². The molecule has 1 heterocycles. The first-order valence-corrected chi connectivity index (χ1v) is 5.69. The molecule has 1 aliphatic heterocycles. The van der Waals surface area contributed by atoms with Crippen LogP contribution in [-0.2, 0) is 9.53 Å². The van der Waals surface area contributed by atoms with Crippen LogP contribution in [0.25, 0.3) is 0 Å². The van der Waals surface area contributed by atoms with Gasteiger partial charge in [-0.05, 0) is 6.92 Å². The summed E-state index contributed by atoms with van der Waals surface area (Å²) in [4.78, 5) is 11.5. The molecule has 1 aromatic carbocycles. The third-order valence-electron chi connectivity index (χ3n) is 2.82. The Kier molecular flexibility index (Phi) is 3.77. The molecule has 0 atom stereocenters. The highest BCUT2D eigenvalue weighted by Gasteiger charge is 2.33. The summed E-state index contributed by atoms with van der Waals surface area (Å²) in [5.74, 6) is -4.83. The van der Waals surface area contributed by atoms with Crippen LogP contribution in [0.3, 0.4) is 0 Å². The predicted octanol–water partition coefficient (Wildman–Crippen LogP) is 1.42. The van der Waals surface area contributed by atoms with E-state index in [-0.39, 0.29) is 12.3 Å². The number of halogens is 3. The molecular formula is C12H13F3N2O2. The van der Waals surface area contributed by atoms with Gasteiger partial charge in [0.05, 0.1) is 5.60 Å². The summed E-state index contributed by atoms with van der Waals surface area (Å²) in [6.07, 6.45) is 0. The molecule has 0 radical (unpaired) electrons. The fraction of sp³-hybridized carbons (Fsp3) is 0.417. The summed E-state index contributed by atoms with van der Waals surface area (Å²) >= 11 is 0. The number of rotatable bonds is 4. The van der Waals surface area contributed by atoms with Crippen molar-refractivity contribution in [2.45, 2.75) is 12.5 Å². The van der Waals surface area contributed by atoms with Gasteiger partial charge >= 0.3 is 0 Å². The second-order valence-electron chi connectivity index (χ2n) is 4.64. The second-order valence-corrected chi connectivity index (χ2v) is 4.64. The molecule has 1 aliphatic rings. The number of ether oxygens (including phenoxy) is 1. The molecule has 104 valence electrons. The lowest BCUT2D eigenvalue weighted by Crippen LogP contribution is -2.59. The molecule has 0 unspecified atom stereocenters. The fourth-order valence-electron chi connectivity index (χ4n) is 1.64. The van der Waals surface area contributed by atoms with Gasteiger partial charge < -0.3 is 15.4 Å². The van der Waals surface area contributed by atoms with Crippen molar-refractivity contribution in [3.05, 3.63) is 29.6 Å². The lowest BCUT2D eigenvalue weighted by Gasteiger charge is -2.38. The molecule has 7 heteroatoms. The second kappa shape index (κ2) is 5.18. The minimum atomic E-state index is -1.57. The van der Waals surface area contributed by atoms with Crippen LogP contribution in [0, 0.1) is 17.5 Å². The smallest absolute Gasteiger partial charge is 0.250 e. The van der Waals surface area contributed by atoms with Crippen LogP contribution in [0.2, 0.25) is 0 Å². The number of hydrogen-bond donors (Lipinski definition) is 2. The molecule has 19 heavy (non-hydrogen) atoms. The Morgan fingerprint density at radius 1 is 1.37 bits per heavy atom. The molecule has 1 aromatic rings. The molecule has 2 N–H and O–H groups in total. The average Bonchev–Trinajstić information content (AvgIpc) is 2.31. The summed E-state index contributed by atoms with van der Waals surface area (Å²) < 4.78 is 43.9. The summed E-state index contributed by atoms with van der Waals surface area (Å²) in [7, 11) is 0. The molecule has 1 amide bonds. The van der Waals surface area contributed by atoms with Crippen molar-refractivity contribution in [1.29, 1.82) is 0 Å². The van der Waals surface area contributed by atoms with E-state index in [4.69, 9.17) is 4.74 Å². The van der Waals surface area contributed by atoms with Crippen molar-refractivity contribution in [3.8, 4) is 0 Å². The van der Waals surface area contributed by atoms with Gasteiger partial charge in [0.2, 0.25) is 5.91 Å². The molecule has 0 aromatic heterocycles. The molecule has 1 saturated heterocycles. The number of carbonyl (C=O) groups is 1. The van der Waals surface area contributed by atoms with Crippen LogP contribution in [0.1, 0.15) is 6.92 Å². The lowest BCUT2D eigenvalue weighted by atomic mass is 10.0. The number of benzene rings is 1. The fourth-order valence-corrected chi connectivity index (χ4v) is 1.64. The summed E-state index contributed by atoms with van der Waals surface area (Å²) in [5.41, 5.74) is -0.543. The zero-order chi connectivity index (χ0) is 14.0. The zero-order valence-electron chi connectivity index (χ0n) is 10.2. The van der Waals surface area contributed by atoms with Crippen molar-refractivity contribution < 1.29 is 22.7 Å². The maximum Gasteiger partial charge on any atom is 0.250 e. The van der Waals surface area contributed by atoms with E-state index in [0.29, 0.717) is 25.2 Å². The van der Waals surface area contributed by atoms with Crippen molar-refractivity contribution in [2.24, 2.45) is 0 Å². The Bertz CT molecular complexity index is 481. The van der Waals surface area contributed by atoms with Crippen molar-refractivity contribution in [2.75, 3.05) is 25.0 Å². The number of hydrogen-bond acceptors (Lipinski definition) is 3. The monoisotopic (exact) mass is 274 g/mol. The first-order valence-electron chi connectivity index (χ1n) is 5.69.